The molecule has 0 fully saturated rings. The average molecular weight is 362 g/mol. The molecule has 0 saturated heterocycles. The van der Waals surface area contributed by atoms with Gasteiger partial charge in [-0.3, -0.25) is 9.36 Å². The number of anilines is 1. The van der Waals surface area contributed by atoms with Crippen molar-refractivity contribution in [1.29, 1.82) is 0 Å². The maximum Gasteiger partial charge on any atom is 0.379 e. The van der Waals surface area contributed by atoms with Crippen LogP contribution in [0.5, 0.6) is 0 Å². The summed E-state index contributed by atoms with van der Waals surface area (Å²) < 4.78 is 23.5. The number of hydrogen-bond donors (Lipinski definition) is 1. The van der Waals surface area contributed by atoms with Gasteiger partial charge < -0.3 is 14.4 Å². The van der Waals surface area contributed by atoms with E-state index in [9.17, 15) is 9.36 Å². The molecule has 6 nitrogen and oxygen atoms in total. The van der Waals surface area contributed by atoms with Gasteiger partial charge in [-0.2, -0.15) is 0 Å². The summed E-state index contributed by atoms with van der Waals surface area (Å²) in [6.07, 6.45) is 0. The maximum atomic E-state index is 12.9. The van der Waals surface area contributed by atoms with Gasteiger partial charge in [0.05, 0.1) is 24.5 Å². The smallest absolute Gasteiger partial charge is 0.322 e. The van der Waals surface area contributed by atoms with Crippen molar-refractivity contribution in [2.24, 2.45) is 0 Å². The lowest BCUT2D eigenvalue weighted by atomic mass is 10.1. The summed E-state index contributed by atoms with van der Waals surface area (Å²) >= 11 is 0. The summed E-state index contributed by atoms with van der Waals surface area (Å²) in [7, 11) is -3.48. The highest BCUT2D eigenvalue weighted by atomic mass is 31.2. The summed E-state index contributed by atoms with van der Waals surface area (Å²) in [4.78, 5) is 16.9. The fraction of sp³-hybridized carbons (Fsp3) is 0.333. The molecule has 1 amide bonds. The Kier molecular flexibility index (Phi) is 6.48. The summed E-state index contributed by atoms with van der Waals surface area (Å²) in [5.74, 6) is -0.261. The molecule has 0 bridgehead atoms. The van der Waals surface area contributed by atoms with Crippen molar-refractivity contribution in [2.45, 2.75) is 27.7 Å². The minimum absolute atomic E-state index is 0.225. The molecule has 0 spiro atoms. The summed E-state index contributed by atoms with van der Waals surface area (Å²) in [6, 6.07) is 10.8. The minimum Gasteiger partial charge on any atom is -0.322 e. The molecule has 2 rings (SSSR count). The van der Waals surface area contributed by atoms with Gasteiger partial charge >= 0.3 is 7.60 Å². The van der Waals surface area contributed by atoms with Crippen molar-refractivity contribution in [1.82, 2.24) is 4.98 Å². The van der Waals surface area contributed by atoms with Gasteiger partial charge in [0.1, 0.15) is 0 Å². The van der Waals surface area contributed by atoms with E-state index in [1.807, 2.05) is 30.3 Å². The van der Waals surface area contributed by atoms with E-state index in [0.29, 0.717) is 22.5 Å². The third-order valence-electron chi connectivity index (χ3n) is 3.52. The van der Waals surface area contributed by atoms with Crippen LogP contribution in [-0.2, 0) is 13.6 Å². The monoisotopic (exact) mass is 362 g/mol. The van der Waals surface area contributed by atoms with Crippen LogP contribution in [0.3, 0.4) is 0 Å². The molecule has 0 unspecified atom stereocenters. The van der Waals surface area contributed by atoms with Gasteiger partial charge in [0, 0.05) is 5.69 Å². The van der Waals surface area contributed by atoms with E-state index in [4.69, 9.17) is 9.05 Å². The first-order chi connectivity index (χ1) is 11.9. The van der Waals surface area contributed by atoms with E-state index in [1.54, 1.807) is 33.8 Å². The second kappa shape index (κ2) is 8.39. The quantitative estimate of drug-likeness (QED) is 0.757. The predicted octanol–water partition coefficient (Wildman–Crippen LogP) is 3.84. The maximum absolute atomic E-state index is 12.9. The molecule has 0 aliphatic heterocycles. The summed E-state index contributed by atoms with van der Waals surface area (Å²) in [5.41, 5.74) is 2.51. The van der Waals surface area contributed by atoms with E-state index < -0.39 is 7.60 Å². The Morgan fingerprint density at radius 1 is 1.12 bits per heavy atom. The van der Waals surface area contributed by atoms with Crippen LogP contribution in [0.25, 0.3) is 0 Å². The van der Waals surface area contributed by atoms with Crippen molar-refractivity contribution in [2.75, 3.05) is 18.5 Å². The first-order valence-corrected chi connectivity index (χ1v) is 9.69. The molecule has 7 heteroatoms. The van der Waals surface area contributed by atoms with Crippen LogP contribution >= 0.6 is 7.60 Å². The molecule has 0 atom stereocenters. The van der Waals surface area contributed by atoms with Crippen molar-refractivity contribution in [3.63, 3.8) is 0 Å². The molecule has 0 radical (unpaired) electrons. The predicted molar refractivity (Wildman–Crippen MR) is 98.6 cm³/mol. The number of carbonyl (C=O) groups excluding carboxylic acids is 1. The van der Waals surface area contributed by atoms with Gasteiger partial charge in [-0.15, -0.1) is 0 Å². The van der Waals surface area contributed by atoms with Crippen molar-refractivity contribution >= 4 is 24.6 Å². The van der Waals surface area contributed by atoms with Crippen LogP contribution in [0.15, 0.2) is 36.4 Å². The molecule has 2 aromatic rings. The van der Waals surface area contributed by atoms with E-state index in [0.717, 1.165) is 0 Å². The Labute approximate surface area is 148 Å². The zero-order chi connectivity index (χ0) is 18.4. The zero-order valence-electron chi connectivity index (χ0n) is 14.9. The number of aromatic nitrogens is 1. The Morgan fingerprint density at radius 2 is 1.72 bits per heavy atom. The van der Waals surface area contributed by atoms with Crippen LogP contribution in [0.2, 0.25) is 0 Å². The van der Waals surface area contributed by atoms with Crippen LogP contribution in [0.1, 0.15) is 35.5 Å². The molecule has 0 aliphatic carbocycles. The molecular formula is C18H23N2O4P. The number of amides is 1. The highest BCUT2D eigenvalue weighted by Crippen LogP contribution is 2.46. The fourth-order valence-electron chi connectivity index (χ4n) is 2.52. The Morgan fingerprint density at radius 3 is 2.24 bits per heavy atom. The SMILES string of the molecule is CCOP(=O)(OCC)c1cc(C)c(C(=O)Nc2ccccc2)c(C)n1. The number of hydrogen-bond acceptors (Lipinski definition) is 5. The van der Waals surface area contributed by atoms with Crippen molar-refractivity contribution < 1.29 is 18.4 Å². The first-order valence-electron chi connectivity index (χ1n) is 8.15. The second-order valence-corrected chi connectivity index (χ2v) is 7.38. The van der Waals surface area contributed by atoms with E-state index in [2.05, 4.69) is 10.3 Å². The minimum atomic E-state index is -3.48. The summed E-state index contributed by atoms with van der Waals surface area (Å²) in [5, 5.41) is 2.84. The van der Waals surface area contributed by atoms with Gasteiger partial charge in [-0.05, 0) is 51.5 Å². The summed E-state index contributed by atoms with van der Waals surface area (Å²) in [6.45, 7) is 7.46. The van der Waals surface area contributed by atoms with E-state index in [-0.39, 0.29) is 24.6 Å². The lowest BCUT2D eigenvalue weighted by Crippen LogP contribution is -2.22. The van der Waals surface area contributed by atoms with E-state index >= 15 is 0 Å². The number of aryl methyl sites for hydroxylation is 2. The van der Waals surface area contributed by atoms with Gasteiger partial charge in [0.2, 0.25) is 0 Å². The molecular weight excluding hydrogens is 339 g/mol. The number of carbonyl (C=O) groups is 1. The van der Waals surface area contributed by atoms with Crippen molar-refractivity contribution in [3.05, 3.63) is 53.2 Å². The molecule has 0 aliphatic rings. The Balaban J connectivity index is 2.36. The molecule has 1 heterocycles. The molecule has 0 saturated carbocycles. The standard InChI is InChI=1S/C18H23N2O4P/c1-5-23-25(22,24-6-2)16-12-13(3)17(14(4)19-16)18(21)20-15-10-8-7-9-11-15/h7-12H,5-6H2,1-4H3,(H,20,21). The van der Waals surface area contributed by atoms with Gasteiger partial charge in [0.15, 0.2) is 5.44 Å². The van der Waals surface area contributed by atoms with Crippen LogP contribution in [-0.4, -0.2) is 24.1 Å². The van der Waals surface area contributed by atoms with Crippen LogP contribution in [0, 0.1) is 13.8 Å². The number of nitrogens with zero attached hydrogens (tertiary/aromatic N) is 1. The largest absolute Gasteiger partial charge is 0.379 e. The number of rotatable bonds is 7. The highest BCUT2D eigenvalue weighted by molar-refractivity contribution is 7.61. The Bertz CT molecular complexity index is 760. The van der Waals surface area contributed by atoms with E-state index in [1.165, 1.54) is 0 Å². The van der Waals surface area contributed by atoms with Gasteiger partial charge in [-0.25, -0.2) is 4.98 Å². The van der Waals surface area contributed by atoms with Crippen LogP contribution in [0.4, 0.5) is 5.69 Å². The van der Waals surface area contributed by atoms with Crippen molar-refractivity contribution in [3.8, 4) is 0 Å². The molecule has 1 aromatic carbocycles. The van der Waals surface area contributed by atoms with Gasteiger partial charge in [0.25, 0.3) is 5.91 Å². The molecule has 134 valence electrons. The van der Waals surface area contributed by atoms with Gasteiger partial charge in [-0.1, -0.05) is 18.2 Å². The zero-order valence-corrected chi connectivity index (χ0v) is 15.8. The normalized spacial score (nSPS) is 11.4. The first kappa shape index (κ1) is 19.3. The fourth-order valence-corrected chi connectivity index (χ4v) is 4.16. The highest BCUT2D eigenvalue weighted by Gasteiger charge is 2.30. The number of nitrogens with one attached hydrogen (secondary N) is 1. The molecule has 1 aromatic heterocycles. The number of pyridine rings is 1. The van der Waals surface area contributed by atoms with Crippen LogP contribution < -0.4 is 10.8 Å². The lowest BCUT2D eigenvalue weighted by Gasteiger charge is -2.18. The average Bonchev–Trinajstić information content (AvgIpc) is 2.55. The third kappa shape index (κ3) is 4.54. The third-order valence-corrected chi connectivity index (χ3v) is 5.51. The number of benzene rings is 1. The number of para-hydroxylation sites is 1. The molecule has 25 heavy (non-hydrogen) atoms. The second-order valence-electron chi connectivity index (χ2n) is 5.41. The molecule has 1 N–H and O–H groups in total. The lowest BCUT2D eigenvalue weighted by molar-refractivity contribution is 0.102. The topological polar surface area (TPSA) is 77.5 Å². The Hall–Kier alpha value is -2.01.